The van der Waals surface area contributed by atoms with Crippen LogP contribution in [-0.4, -0.2) is 24.4 Å². The maximum Gasteiger partial charge on any atom is 0.251 e. The summed E-state index contributed by atoms with van der Waals surface area (Å²) in [7, 11) is 0. The van der Waals surface area contributed by atoms with Crippen LogP contribution in [0.5, 0.6) is 0 Å². The van der Waals surface area contributed by atoms with Gasteiger partial charge in [-0.2, -0.15) is 0 Å². The summed E-state index contributed by atoms with van der Waals surface area (Å²) in [6.45, 7) is 6.49. The Morgan fingerprint density at radius 1 is 1.20 bits per heavy atom. The first kappa shape index (κ1) is 16.2. The molecule has 0 unspecified atom stereocenters. The lowest BCUT2D eigenvalue weighted by atomic mass is 10.0. The van der Waals surface area contributed by atoms with Gasteiger partial charge in [-0.25, -0.2) is 0 Å². The predicted molar refractivity (Wildman–Crippen MR) is 80.5 cm³/mol. The smallest absolute Gasteiger partial charge is 0.251 e. The fourth-order valence-corrected chi connectivity index (χ4v) is 1.82. The molecule has 0 aliphatic rings. The number of nitrogens with two attached hydrogens (primary N) is 1. The Balaban J connectivity index is 2.61. The minimum absolute atomic E-state index is 0.123. The van der Waals surface area contributed by atoms with E-state index in [-0.39, 0.29) is 11.8 Å². The highest BCUT2D eigenvalue weighted by molar-refractivity contribution is 5.97. The summed E-state index contributed by atoms with van der Waals surface area (Å²) in [5.74, 6) is 0.0437. The molecule has 5 heteroatoms. The van der Waals surface area contributed by atoms with Gasteiger partial charge in [-0.3, -0.25) is 9.59 Å². The van der Waals surface area contributed by atoms with Crippen LogP contribution in [0.25, 0.3) is 0 Å². The number of hydrogen-bond acceptors (Lipinski definition) is 3. The third-order valence-electron chi connectivity index (χ3n) is 2.81. The minimum atomic E-state index is -0.516. The summed E-state index contributed by atoms with van der Waals surface area (Å²) in [6.07, 6.45) is 0.642. The zero-order valence-corrected chi connectivity index (χ0v) is 12.3. The minimum Gasteiger partial charge on any atom is -0.352 e. The van der Waals surface area contributed by atoms with Crippen molar-refractivity contribution < 1.29 is 9.59 Å². The molecule has 110 valence electrons. The molecule has 0 aliphatic carbocycles. The Labute approximate surface area is 119 Å². The second kappa shape index (κ2) is 7.65. The van der Waals surface area contributed by atoms with Crippen LogP contribution in [0.2, 0.25) is 0 Å². The van der Waals surface area contributed by atoms with Crippen molar-refractivity contribution in [1.82, 2.24) is 5.32 Å². The maximum absolute atomic E-state index is 11.9. The van der Waals surface area contributed by atoms with Gasteiger partial charge in [0, 0.05) is 17.8 Å². The molecule has 0 fully saturated rings. The highest BCUT2D eigenvalue weighted by atomic mass is 16.2. The lowest BCUT2D eigenvalue weighted by Crippen LogP contribution is -2.36. The van der Waals surface area contributed by atoms with Crippen molar-refractivity contribution in [2.24, 2.45) is 11.7 Å². The van der Waals surface area contributed by atoms with Crippen LogP contribution in [0, 0.1) is 5.92 Å². The molecule has 0 spiro atoms. The van der Waals surface area contributed by atoms with Crippen LogP contribution in [0.3, 0.4) is 0 Å². The lowest BCUT2D eigenvalue weighted by molar-refractivity contribution is -0.117. The van der Waals surface area contributed by atoms with Crippen molar-refractivity contribution in [2.75, 3.05) is 11.9 Å². The first-order chi connectivity index (χ1) is 9.43. The second-order valence-corrected chi connectivity index (χ2v) is 5.16. The van der Waals surface area contributed by atoms with E-state index in [2.05, 4.69) is 10.6 Å². The first-order valence-corrected chi connectivity index (χ1v) is 6.88. The molecule has 0 bridgehead atoms. The number of benzene rings is 1. The third kappa shape index (κ3) is 5.01. The summed E-state index contributed by atoms with van der Waals surface area (Å²) in [6, 6.07) is 6.23. The quantitative estimate of drug-likeness (QED) is 0.740. The highest BCUT2D eigenvalue weighted by Gasteiger charge is 2.15. The molecule has 1 aromatic carbocycles. The molecule has 0 saturated carbocycles. The molecule has 0 saturated heterocycles. The second-order valence-electron chi connectivity index (χ2n) is 5.16. The van der Waals surface area contributed by atoms with Gasteiger partial charge < -0.3 is 16.4 Å². The number of carbonyl (C=O) groups is 2. The monoisotopic (exact) mass is 277 g/mol. The summed E-state index contributed by atoms with van der Waals surface area (Å²) in [4.78, 5) is 23.4. The van der Waals surface area contributed by atoms with E-state index in [0.717, 1.165) is 0 Å². The molecular formula is C15H23N3O2. The zero-order chi connectivity index (χ0) is 15.1. The number of amides is 2. The fourth-order valence-electron chi connectivity index (χ4n) is 1.82. The van der Waals surface area contributed by atoms with Gasteiger partial charge in [-0.15, -0.1) is 0 Å². The highest BCUT2D eigenvalue weighted by Crippen LogP contribution is 2.11. The molecule has 1 aromatic rings. The molecule has 1 atom stereocenters. The molecule has 0 aliphatic heterocycles. The molecule has 5 nitrogen and oxygen atoms in total. The molecule has 0 heterocycles. The Morgan fingerprint density at radius 2 is 1.80 bits per heavy atom. The summed E-state index contributed by atoms with van der Waals surface area (Å²) < 4.78 is 0. The van der Waals surface area contributed by atoms with Crippen LogP contribution in [-0.2, 0) is 4.79 Å². The van der Waals surface area contributed by atoms with Gasteiger partial charge in [0.2, 0.25) is 5.91 Å². The Kier molecular flexibility index (Phi) is 6.18. The van der Waals surface area contributed by atoms with Crippen molar-refractivity contribution in [3.05, 3.63) is 29.8 Å². The Hall–Kier alpha value is -1.88. The number of rotatable bonds is 6. The van der Waals surface area contributed by atoms with Crippen molar-refractivity contribution in [1.29, 1.82) is 0 Å². The van der Waals surface area contributed by atoms with E-state index < -0.39 is 6.04 Å². The number of hydrogen-bond donors (Lipinski definition) is 3. The third-order valence-corrected chi connectivity index (χ3v) is 2.81. The summed E-state index contributed by atoms with van der Waals surface area (Å²) in [5.41, 5.74) is 7.01. The van der Waals surface area contributed by atoms with Gasteiger partial charge in [0.25, 0.3) is 5.91 Å². The van der Waals surface area contributed by atoms with Crippen LogP contribution >= 0.6 is 0 Å². The zero-order valence-electron chi connectivity index (χ0n) is 12.3. The van der Waals surface area contributed by atoms with E-state index in [9.17, 15) is 9.59 Å². The van der Waals surface area contributed by atoms with E-state index in [0.29, 0.717) is 30.1 Å². The Bertz CT molecular complexity index is 455. The van der Waals surface area contributed by atoms with Crippen molar-refractivity contribution >= 4 is 17.5 Å². The van der Waals surface area contributed by atoms with Crippen LogP contribution in [0.1, 0.15) is 37.6 Å². The normalized spacial score (nSPS) is 12.1. The molecule has 2 amide bonds. The SMILES string of the molecule is CCNC(=O)c1ccc(NC(=O)[C@@H](N)CC(C)C)cc1. The average Bonchev–Trinajstić information content (AvgIpc) is 2.39. The van der Waals surface area contributed by atoms with E-state index in [4.69, 9.17) is 5.73 Å². The van der Waals surface area contributed by atoms with Gasteiger partial charge in [-0.1, -0.05) is 13.8 Å². The van der Waals surface area contributed by atoms with Crippen molar-refractivity contribution in [2.45, 2.75) is 33.2 Å². The number of carbonyl (C=O) groups excluding carboxylic acids is 2. The van der Waals surface area contributed by atoms with Crippen molar-refractivity contribution in [3.8, 4) is 0 Å². The van der Waals surface area contributed by atoms with E-state index >= 15 is 0 Å². The van der Waals surface area contributed by atoms with Crippen LogP contribution < -0.4 is 16.4 Å². The molecule has 1 rings (SSSR count). The topological polar surface area (TPSA) is 84.2 Å². The van der Waals surface area contributed by atoms with Gasteiger partial charge >= 0.3 is 0 Å². The van der Waals surface area contributed by atoms with E-state index in [1.54, 1.807) is 24.3 Å². The average molecular weight is 277 g/mol. The summed E-state index contributed by atoms with van der Waals surface area (Å²) >= 11 is 0. The summed E-state index contributed by atoms with van der Waals surface area (Å²) in [5, 5.41) is 5.47. The van der Waals surface area contributed by atoms with Gasteiger partial charge in [0.1, 0.15) is 0 Å². The standard InChI is InChI=1S/C15H23N3O2/c1-4-17-14(19)11-5-7-12(8-6-11)18-15(20)13(16)9-10(2)3/h5-8,10,13H,4,9,16H2,1-3H3,(H,17,19)(H,18,20)/t13-/m0/s1. The maximum atomic E-state index is 11.9. The molecule has 0 radical (unpaired) electrons. The lowest BCUT2D eigenvalue weighted by Gasteiger charge is -2.14. The van der Waals surface area contributed by atoms with E-state index in [1.807, 2.05) is 20.8 Å². The number of nitrogens with one attached hydrogen (secondary N) is 2. The van der Waals surface area contributed by atoms with Crippen LogP contribution in [0.15, 0.2) is 24.3 Å². The molecular weight excluding hydrogens is 254 g/mol. The van der Waals surface area contributed by atoms with E-state index in [1.165, 1.54) is 0 Å². The molecule has 20 heavy (non-hydrogen) atoms. The fraction of sp³-hybridized carbons (Fsp3) is 0.467. The molecule has 4 N–H and O–H groups in total. The van der Waals surface area contributed by atoms with Crippen molar-refractivity contribution in [3.63, 3.8) is 0 Å². The van der Waals surface area contributed by atoms with Gasteiger partial charge in [0.15, 0.2) is 0 Å². The number of anilines is 1. The van der Waals surface area contributed by atoms with Crippen LogP contribution in [0.4, 0.5) is 5.69 Å². The largest absolute Gasteiger partial charge is 0.352 e. The molecule has 0 aromatic heterocycles. The van der Waals surface area contributed by atoms with Gasteiger partial charge in [0.05, 0.1) is 6.04 Å². The first-order valence-electron chi connectivity index (χ1n) is 6.88. The van der Waals surface area contributed by atoms with Gasteiger partial charge in [-0.05, 0) is 43.5 Å². The predicted octanol–water partition coefficient (Wildman–Crippen LogP) is 1.75. The Morgan fingerprint density at radius 3 is 2.30 bits per heavy atom.